The number of amides is 2. The second-order valence-corrected chi connectivity index (χ2v) is 11.7. The van der Waals surface area contributed by atoms with E-state index < -0.39 is 29.6 Å². The van der Waals surface area contributed by atoms with Crippen LogP contribution in [-0.2, 0) is 16.6 Å². The number of hydrogen-bond donors (Lipinski definition) is 2. The Labute approximate surface area is 264 Å². The highest BCUT2D eigenvalue weighted by Gasteiger charge is 2.43. The Kier molecular flexibility index (Phi) is 8.14. The number of methoxy groups -OCH3 is 1. The summed E-state index contributed by atoms with van der Waals surface area (Å²) in [5.41, 5.74) is 1.12. The number of anilines is 1. The zero-order chi connectivity index (χ0) is 32.0. The van der Waals surface area contributed by atoms with Gasteiger partial charge >= 0.3 is 18.0 Å². The molecule has 2 fully saturated rings. The van der Waals surface area contributed by atoms with Gasteiger partial charge in [-0.25, -0.2) is 28.1 Å². The molecule has 6 rings (SSSR count). The van der Waals surface area contributed by atoms with Crippen LogP contribution in [0.2, 0.25) is 0 Å². The third kappa shape index (κ3) is 5.68. The lowest BCUT2D eigenvalue weighted by atomic mass is 9.95. The second kappa shape index (κ2) is 12.0. The fraction of sp³-hybridized carbons (Fsp3) is 0.300. The van der Waals surface area contributed by atoms with Crippen molar-refractivity contribution in [3.8, 4) is 0 Å². The minimum atomic E-state index is -1.26. The van der Waals surface area contributed by atoms with Gasteiger partial charge in [0.15, 0.2) is 11.7 Å². The zero-order valence-corrected chi connectivity index (χ0v) is 25.8. The summed E-state index contributed by atoms with van der Waals surface area (Å²) < 4.78 is 36.3. The van der Waals surface area contributed by atoms with Crippen LogP contribution in [0.15, 0.2) is 69.5 Å². The number of nitrogens with one attached hydrogen (secondary N) is 1. The summed E-state index contributed by atoms with van der Waals surface area (Å²) in [6.07, 6.45) is 3.39. The molecular formula is C30H28BrF2N7O5. The van der Waals surface area contributed by atoms with Crippen molar-refractivity contribution in [2.75, 3.05) is 44.7 Å². The minimum absolute atomic E-state index is 0.0132. The normalized spacial score (nSPS) is 20.2. The summed E-state index contributed by atoms with van der Waals surface area (Å²) in [6, 6.07) is 6.14. The topological polar surface area (TPSA) is 133 Å². The van der Waals surface area contributed by atoms with Crippen LogP contribution < -0.4 is 10.2 Å². The predicted molar refractivity (Wildman–Crippen MR) is 162 cm³/mol. The van der Waals surface area contributed by atoms with Crippen LogP contribution in [0.5, 0.6) is 0 Å². The summed E-state index contributed by atoms with van der Waals surface area (Å²) >= 11 is 3.43. The molecule has 45 heavy (non-hydrogen) atoms. The van der Waals surface area contributed by atoms with Crippen LogP contribution in [-0.4, -0.2) is 94.1 Å². The Morgan fingerprint density at radius 3 is 2.62 bits per heavy atom. The third-order valence-electron chi connectivity index (χ3n) is 8.13. The number of nitrogens with zero attached hydrogens (tertiary/aromatic N) is 6. The molecule has 234 valence electrons. The van der Waals surface area contributed by atoms with Gasteiger partial charge in [-0.1, -0.05) is 22.0 Å². The van der Waals surface area contributed by atoms with Crippen LogP contribution in [0.25, 0.3) is 0 Å². The number of carbonyl (C=O) groups is 3. The Morgan fingerprint density at radius 2 is 1.96 bits per heavy atom. The van der Waals surface area contributed by atoms with Crippen molar-refractivity contribution >= 4 is 45.4 Å². The fourth-order valence-corrected chi connectivity index (χ4v) is 6.49. The number of halogens is 3. The molecule has 2 N–H and O–H groups in total. The lowest BCUT2D eigenvalue weighted by Gasteiger charge is -2.38. The number of benzene rings is 2. The molecule has 12 nitrogen and oxygen atoms in total. The number of rotatable bonds is 7. The van der Waals surface area contributed by atoms with Crippen LogP contribution >= 0.6 is 15.9 Å². The molecule has 1 aromatic heterocycles. The van der Waals surface area contributed by atoms with Gasteiger partial charge in [-0.2, -0.15) is 0 Å². The number of imidazole rings is 1. The number of hydrogen-bond acceptors (Lipinski definition) is 8. The van der Waals surface area contributed by atoms with E-state index in [1.165, 1.54) is 36.3 Å². The number of carboxylic acids is 1. The maximum atomic E-state index is 14.9. The number of aromatic carboxylic acids is 1. The standard InChI is InChI=1S/C30H28BrF2N7O5/c1-37-8-7-34-27(37)26-35-22(24(29(43)45-2)25(36-26)19-5-4-17(32)12-20(19)31)15-38-9-10-39-18(13-38)14-40(30(39)44)23-6-3-16(28(41)42)11-21(23)33/h3-8,11-12,18,25H,9-10,13-15H2,1-2H3,(H,35,36)(H,41,42)/t18-,25-/m0/s1. The Balaban J connectivity index is 1.30. The molecule has 2 aromatic carbocycles. The van der Waals surface area contributed by atoms with E-state index in [1.54, 1.807) is 27.9 Å². The maximum absolute atomic E-state index is 14.9. The summed E-state index contributed by atoms with van der Waals surface area (Å²) in [7, 11) is 3.09. The van der Waals surface area contributed by atoms with Gasteiger partial charge in [-0.05, 0) is 35.9 Å². The van der Waals surface area contributed by atoms with Crippen molar-refractivity contribution < 1.29 is 33.0 Å². The first-order valence-electron chi connectivity index (χ1n) is 14.0. The first kappa shape index (κ1) is 30.4. The summed E-state index contributed by atoms with van der Waals surface area (Å²) in [6.45, 7) is 1.67. The Hall–Kier alpha value is -4.63. The summed E-state index contributed by atoms with van der Waals surface area (Å²) in [5, 5.41) is 12.5. The number of aryl methyl sites for hydroxylation is 1. The van der Waals surface area contributed by atoms with Crippen molar-refractivity contribution in [1.82, 2.24) is 24.7 Å². The van der Waals surface area contributed by atoms with Crippen LogP contribution in [0.3, 0.4) is 0 Å². The van der Waals surface area contributed by atoms with E-state index in [4.69, 9.17) is 9.73 Å². The number of aliphatic imine (C=N–C) groups is 1. The van der Waals surface area contributed by atoms with Crippen molar-refractivity contribution in [1.29, 1.82) is 0 Å². The SMILES string of the molecule is COC(=O)C1=C(CN2CCN3C(=O)N(c4ccc(C(=O)O)cc4F)C[C@@H]3C2)NC(c2nccn2C)=N[C@H]1c1ccc(F)cc1Br. The van der Waals surface area contributed by atoms with E-state index in [9.17, 15) is 28.3 Å². The van der Waals surface area contributed by atoms with Crippen molar-refractivity contribution in [2.45, 2.75) is 12.1 Å². The molecular weight excluding hydrogens is 656 g/mol. The number of piperazine rings is 1. The molecule has 2 amide bonds. The van der Waals surface area contributed by atoms with Gasteiger partial charge in [0.05, 0.1) is 30.0 Å². The van der Waals surface area contributed by atoms with Gasteiger partial charge in [-0.15, -0.1) is 0 Å². The monoisotopic (exact) mass is 683 g/mol. The van der Waals surface area contributed by atoms with Gasteiger partial charge in [0.1, 0.15) is 17.7 Å². The van der Waals surface area contributed by atoms with E-state index in [1.807, 2.05) is 7.05 Å². The van der Waals surface area contributed by atoms with Gasteiger partial charge in [0.2, 0.25) is 0 Å². The highest BCUT2D eigenvalue weighted by atomic mass is 79.9. The minimum Gasteiger partial charge on any atom is -0.478 e. The molecule has 0 spiro atoms. The van der Waals surface area contributed by atoms with Crippen LogP contribution in [0.1, 0.15) is 27.8 Å². The molecule has 0 aliphatic carbocycles. The highest BCUT2D eigenvalue weighted by molar-refractivity contribution is 9.10. The molecule has 0 bridgehead atoms. The molecule has 0 saturated carbocycles. The first-order valence-corrected chi connectivity index (χ1v) is 14.8. The third-order valence-corrected chi connectivity index (χ3v) is 8.81. The number of amidine groups is 1. The van der Waals surface area contributed by atoms with Crippen LogP contribution in [0, 0.1) is 11.6 Å². The van der Waals surface area contributed by atoms with E-state index in [0.29, 0.717) is 47.0 Å². The lowest BCUT2D eigenvalue weighted by molar-refractivity contribution is -0.136. The molecule has 4 heterocycles. The van der Waals surface area contributed by atoms with Gasteiger partial charge in [0.25, 0.3) is 0 Å². The Morgan fingerprint density at radius 1 is 1.16 bits per heavy atom. The molecule has 0 radical (unpaired) electrons. The zero-order valence-electron chi connectivity index (χ0n) is 24.2. The van der Waals surface area contributed by atoms with Gasteiger partial charge in [0, 0.05) is 62.3 Å². The number of urea groups is 1. The highest BCUT2D eigenvalue weighted by Crippen LogP contribution is 2.37. The van der Waals surface area contributed by atoms with E-state index in [0.717, 1.165) is 6.07 Å². The first-order chi connectivity index (χ1) is 21.5. The second-order valence-electron chi connectivity index (χ2n) is 10.9. The van der Waals surface area contributed by atoms with Crippen molar-refractivity contribution in [3.63, 3.8) is 0 Å². The average molecular weight is 684 g/mol. The van der Waals surface area contributed by atoms with E-state index >= 15 is 0 Å². The van der Waals surface area contributed by atoms with E-state index in [2.05, 4.69) is 31.1 Å². The molecule has 3 aliphatic heterocycles. The van der Waals surface area contributed by atoms with Crippen molar-refractivity contribution in [3.05, 3.63) is 93.1 Å². The van der Waals surface area contributed by atoms with Crippen LogP contribution in [0.4, 0.5) is 19.3 Å². The maximum Gasteiger partial charge on any atom is 0.338 e. The van der Waals surface area contributed by atoms with Gasteiger partial charge < -0.3 is 24.6 Å². The molecule has 0 unspecified atom stereocenters. The average Bonchev–Trinajstić information content (AvgIpc) is 3.58. The number of esters is 1. The quantitative estimate of drug-likeness (QED) is 0.363. The van der Waals surface area contributed by atoms with Gasteiger partial charge in [-0.3, -0.25) is 14.8 Å². The molecule has 2 saturated heterocycles. The largest absolute Gasteiger partial charge is 0.478 e. The fourth-order valence-electron chi connectivity index (χ4n) is 5.93. The number of aromatic nitrogens is 2. The van der Waals surface area contributed by atoms with Crippen molar-refractivity contribution in [2.24, 2.45) is 12.0 Å². The molecule has 3 aliphatic rings. The summed E-state index contributed by atoms with van der Waals surface area (Å²) in [4.78, 5) is 52.1. The number of ether oxygens (including phenoxy) is 1. The number of carboxylic acid groups (broad SMARTS) is 1. The number of fused-ring (bicyclic) bond motifs is 1. The number of carbonyl (C=O) groups excluding carboxylic acids is 2. The molecule has 15 heteroatoms. The molecule has 2 atom stereocenters. The summed E-state index contributed by atoms with van der Waals surface area (Å²) in [5.74, 6) is -2.18. The smallest absolute Gasteiger partial charge is 0.338 e. The predicted octanol–water partition coefficient (Wildman–Crippen LogP) is 3.30. The van der Waals surface area contributed by atoms with E-state index in [-0.39, 0.29) is 42.0 Å². The Bertz CT molecular complexity index is 1780. The molecule has 3 aromatic rings. The lowest BCUT2D eigenvalue weighted by Crippen LogP contribution is -2.53.